The fourth-order valence-corrected chi connectivity index (χ4v) is 11.8. The minimum absolute atomic E-state index is 0.0224. The number of aliphatic hydroxyl groups is 1. The molecule has 2 saturated heterocycles. The summed E-state index contributed by atoms with van der Waals surface area (Å²) in [4.78, 5) is 51.8. The number of ether oxygens (including phenoxy) is 2. The number of carbonyl (C=O) groups is 3. The standard InChI is InChI=1S/C56H70F3N5O6S/c1-34-21-44-43-13-9-8-12-39(43)22-45(44)51(64(34)32-56(6,7)59)50-47(57)25-42(26-48(50)58)70-20-18-62-28-37(29-62)11-10-19-69-31-41(66)23-46(55(3,4)5)54(68)63-30-40(65)24-49(63)53(67)60-27-36-14-16-38(17-15-36)52-35(2)61-33-71-52/h8-9,12-17,25-26,33-34,37,40,46,49,51,65H,10-11,18-24,27-32H2,1-7H3,(H,60,67)/t34-,40-,46-,49+,51+/m1/s1. The Morgan fingerprint density at radius 3 is 2.38 bits per heavy atom. The summed E-state index contributed by atoms with van der Waals surface area (Å²) in [6.07, 6.45) is 2.16. The van der Waals surface area contributed by atoms with E-state index in [2.05, 4.69) is 27.3 Å². The Morgan fingerprint density at radius 1 is 0.986 bits per heavy atom. The number of hydrogen-bond donors (Lipinski definition) is 2. The molecule has 4 heterocycles. The van der Waals surface area contributed by atoms with Crippen LogP contribution in [0.25, 0.3) is 16.0 Å². The van der Waals surface area contributed by atoms with Crippen molar-refractivity contribution in [3.05, 3.63) is 111 Å². The Bertz CT molecular complexity index is 2560. The Kier molecular flexibility index (Phi) is 16.3. The number of fused-ring (bicyclic) bond motifs is 2. The zero-order chi connectivity index (χ0) is 50.8. The highest BCUT2D eigenvalue weighted by Gasteiger charge is 2.45. The molecular formula is C56H70F3N5O6S. The summed E-state index contributed by atoms with van der Waals surface area (Å²) in [5.74, 6) is -2.41. The van der Waals surface area contributed by atoms with Gasteiger partial charge in [-0.05, 0) is 98.1 Å². The number of aliphatic hydroxyl groups excluding tert-OH is 1. The quantitative estimate of drug-likeness (QED) is 0.0835. The Morgan fingerprint density at radius 2 is 1.70 bits per heavy atom. The first-order valence-electron chi connectivity index (χ1n) is 25.2. The molecule has 15 heteroatoms. The van der Waals surface area contributed by atoms with Crippen LogP contribution < -0.4 is 10.1 Å². The van der Waals surface area contributed by atoms with E-state index in [4.69, 9.17) is 9.47 Å². The topological polar surface area (TPSA) is 125 Å². The number of alkyl halides is 1. The summed E-state index contributed by atoms with van der Waals surface area (Å²) in [6, 6.07) is 16.8. The molecule has 4 aliphatic rings. The molecule has 1 aliphatic carbocycles. The van der Waals surface area contributed by atoms with E-state index in [0.29, 0.717) is 31.9 Å². The number of rotatable bonds is 20. The number of β-amino-alcohol motifs (C(OH)–C–C–N with tert-alkyl or cyclic N) is 1. The zero-order valence-electron chi connectivity index (χ0n) is 42.2. The minimum Gasteiger partial charge on any atom is -0.492 e. The second-order valence-corrected chi connectivity index (χ2v) is 22.7. The first-order chi connectivity index (χ1) is 33.7. The van der Waals surface area contributed by atoms with Crippen LogP contribution in [-0.4, -0.2) is 119 Å². The predicted octanol–water partition coefficient (Wildman–Crippen LogP) is 9.30. The molecule has 8 rings (SSSR count). The molecule has 0 spiro atoms. The number of benzene rings is 3. The normalized spacial score (nSPS) is 21.3. The van der Waals surface area contributed by atoms with Gasteiger partial charge in [0.1, 0.15) is 42.3 Å². The summed E-state index contributed by atoms with van der Waals surface area (Å²) >= 11 is 1.57. The van der Waals surface area contributed by atoms with Crippen molar-refractivity contribution in [2.24, 2.45) is 17.3 Å². The lowest BCUT2D eigenvalue weighted by Crippen LogP contribution is -2.50. The van der Waals surface area contributed by atoms with Crippen molar-refractivity contribution in [2.75, 3.05) is 52.5 Å². The molecule has 382 valence electrons. The average molecular weight is 998 g/mol. The summed E-state index contributed by atoms with van der Waals surface area (Å²) < 4.78 is 59.2. The van der Waals surface area contributed by atoms with E-state index in [1.807, 2.05) is 81.4 Å². The van der Waals surface area contributed by atoms with E-state index in [9.17, 15) is 19.5 Å². The van der Waals surface area contributed by atoms with Gasteiger partial charge in [0.2, 0.25) is 11.8 Å². The maximum Gasteiger partial charge on any atom is 0.243 e. The van der Waals surface area contributed by atoms with Gasteiger partial charge in [-0.3, -0.25) is 24.2 Å². The van der Waals surface area contributed by atoms with Crippen molar-refractivity contribution in [1.82, 2.24) is 25.0 Å². The first kappa shape index (κ1) is 52.4. The zero-order valence-corrected chi connectivity index (χ0v) is 43.1. The smallest absolute Gasteiger partial charge is 0.243 e. The molecule has 0 radical (unpaired) electrons. The number of nitrogens with one attached hydrogen (secondary N) is 1. The molecule has 0 unspecified atom stereocenters. The van der Waals surface area contributed by atoms with E-state index in [-0.39, 0.29) is 80.6 Å². The van der Waals surface area contributed by atoms with E-state index < -0.39 is 46.8 Å². The van der Waals surface area contributed by atoms with Crippen molar-refractivity contribution in [1.29, 1.82) is 0 Å². The third-order valence-corrected chi connectivity index (χ3v) is 15.6. The molecule has 5 atom stereocenters. The predicted molar refractivity (Wildman–Crippen MR) is 270 cm³/mol. The number of hydrogen-bond acceptors (Lipinski definition) is 10. The fraction of sp³-hybridized carbons (Fsp3) is 0.536. The van der Waals surface area contributed by atoms with Gasteiger partial charge in [-0.2, -0.15) is 0 Å². The molecule has 0 bridgehead atoms. The van der Waals surface area contributed by atoms with Crippen LogP contribution in [0, 0.1) is 35.8 Å². The summed E-state index contributed by atoms with van der Waals surface area (Å²) in [6.45, 7) is 15.9. The number of Topliss-reactive ketones (excluding diaryl/α,β-unsaturated/α-hetero) is 1. The van der Waals surface area contributed by atoms with Crippen molar-refractivity contribution in [3.8, 4) is 16.2 Å². The average Bonchev–Trinajstić information content (AvgIpc) is 4.02. The monoisotopic (exact) mass is 997 g/mol. The second kappa shape index (κ2) is 22.0. The highest BCUT2D eigenvalue weighted by atomic mass is 32.1. The fourth-order valence-electron chi connectivity index (χ4n) is 11.0. The Hall–Kier alpha value is -4.93. The summed E-state index contributed by atoms with van der Waals surface area (Å²) in [5, 5.41) is 13.6. The van der Waals surface area contributed by atoms with Gasteiger partial charge in [0.25, 0.3) is 0 Å². The van der Waals surface area contributed by atoms with Crippen LogP contribution in [0.4, 0.5) is 13.2 Å². The maximum atomic E-state index is 16.2. The van der Waals surface area contributed by atoms with E-state index in [0.717, 1.165) is 69.9 Å². The first-order valence-corrected chi connectivity index (χ1v) is 26.1. The van der Waals surface area contributed by atoms with Gasteiger partial charge < -0.3 is 24.8 Å². The Labute approximate surface area is 420 Å². The van der Waals surface area contributed by atoms with E-state index in [1.54, 1.807) is 11.3 Å². The highest BCUT2D eigenvalue weighted by Crippen LogP contribution is 2.50. The van der Waals surface area contributed by atoms with Crippen LogP contribution in [0.1, 0.15) is 108 Å². The number of aromatic nitrogens is 1. The van der Waals surface area contributed by atoms with E-state index >= 15 is 13.2 Å². The number of halogens is 3. The molecule has 3 aliphatic heterocycles. The largest absolute Gasteiger partial charge is 0.492 e. The van der Waals surface area contributed by atoms with Crippen LogP contribution in [0.5, 0.6) is 5.75 Å². The number of carbonyl (C=O) groups excluding carboxylic acids is 3. The van der Waals surface area contributed by atoms with Gasteiger partial charge in [-0.15, -0.1) is 11.3 Å². The molecule has 11 nitrogen and oxygen atoms in total. The lowest BCUT2D eigenvalue weighted by Gasteiger charge is -2.44. The van der Waals surface area contributed by atoms with Crippen molar-refractivity contribution in [3.63, 3.8) is 0 Å². The molecule has 2 N–H and O–H groups in total. The van der Waals surface area contributed by atoms with Crippen LogP contribution >= 0.6 is 11.3 Å². The molecule has 2 amide bonds. The van der Waals surface area contributed by atoms with Crippen molar-refractivity contribution in [2.45, 2.75) is 123 Å². The van der Waals surface area contributed by atoms with Gasteiger partial charge in [-0.25, -0.2) is 18.2 Å². The van der Waals surface area contributed by atoms with Crippen molar-refractivity contribution >= 4 is 34.5 Å². The van der Waals surface area contributed by atoms with Gasteiger partial charge in [0.05, 0.1) is 28.2 Å². The third-order valence-electron chi connectivity index (χ3n) is 14.7. The van der Waals surface area contributed by atoms with Crippen LogP contribution in [-0.2, 0) is 32.1 Å². The van der Waals surface area contributed by atoms with Crippen molar-refractivity contribution < 1.29 is 42.1 Å². The van der Waals surface area contributed by atoms with E-state index in [1.165, 1.54) is 30.9 Å². The SMILES string of the molecule is Cc1ncsc1-c1ccc(CNC(=O)[C@@H]2C[C@@H](O)CN2C(=O)[C@@H](CC(=O)COCCCC2CN(CCOc3cc(F)c([C@@H]4C5=C(C[C@@H](C)N4CC(C)(C)F)c4ccccc4C5)c(F)c3)C2)C(C)(C)C)cc1. The minimum atomic E-state index is -1.56. The third kappa shape index (κ3) is 12.5. The van der Waals surface area contributed by atoms with Gasteiger partial charge >= 0.3 is 0 Å². The lowest BCUT2D eigenvalue weighted by atomic mass is 9.77. The second-order valence-electron chi connectivity index (χ2n) is 21.9. The number of amides is 2. The van der Waals surface area contributed by atoms with Gasteiger partial charge in [0, 0.05) is 88.4 Å². The molecule has 1 aromatic heterocycles. The molecule has 71 heavy (non-hydrogen) atoms. The van der Waals surface area contributed by atoms with Crippen LogP contribution in [0.3, 0.4) is 0 Å². The maximum absolute atomic E-state index is 16.2. The van der Waals surface area contributed by atoms with Crippen LogP contribution in [0.2, 0.25) is 0 Å². The molecule has 2 fully saturated rings. The molecular weight excluding hydrogens is 928 g/mol. The molecule has 0 saturated carbocycles. The number of likely N-dealkylation sites (tertiary alicyclic amines) is 2. The van der Waals surface area contributed by atoms with Gasteiger partial charge in [0.15, 0.2) is 5.78 Å². The lowest BCUT2D eigenvalue weighted by molar-refractivity contribution is -0.146. The number of thiazole rings is 1. The van der Waals surface area contributed by atoms with Gasteiger partial charge in [-0.1, -0.05) is 69.3 Å². The highest BCUT2D eigenvalue weighted by molar-refractivity contribution is 7.13. The number of nitrogens with zero attached hydrogens (tertiary/aromatic N) is 4. The van der Waals surface area contributed by atoms with Crippen LogP contribution in [0.15, 0.2) is 71.7 Å². The number of ketones is 1. The number of aryl methyl sites for hydroxylation is 1. The summed E-state index contributed by atoms with van der Waals surface area (Å²) in [5.41, 5.74) is 6.79. The summed E-state index contributed by atoms with van der Waals surface area (Å²) in [7, 11) is 0. The molecule has 3 aromatic carbocycles. The Balaban J connectivity index is 0.750. The molecule has 4 aromatic rings.